The molecule has 0 radical (unpaired) electrons. The highest BCUT2D eigenvalue weighted by Crippen LogP contribution is 2.55. The first-order valence-electron chi connectivity index (χ1n) is 14.9. The highest BCUT2D eigenvalue weighted by Gasteiger charge is 2.47. The predicted octanol–water partition coefficient (Wildman–Crippen LogP) is 6.77. The fourth-order valence-corrected chi connectivity index (χ4v) is 6.52. The highest BCUT2D eigenvalue weighted by molar-refractivity contribution is 6.10. The zero-order valence-electron chi connectivity index (χ0n) is 25.0. The van der Waals surface area contributed by atoms with Crippen LogP contribution in [-0.2, 0) is 16.6 Å². The molecule has 7 nitrogen and oxygen atoms in total. The topological polar surface area (TPSA) is 130 Å². The van der Waals surface area contributed by atoms with Crippen molar-refractivity contribution in [2.24, 2.45) is 11.7 Å². The van der Waals surface area contributed by atoms with Gasteiger partial charge in [0.25, 0.3) is 0 Å². The molecule has 0 amide bonds. The number of unbranched alkanes of at least 4 members (excludes halogenated alkanes) is 3. The first-order chi connectivity index (χ1) is 19.2. The molecule has 1 aliphatic heterocycles. The summed E-state index contributed by atoms with van der Waals surface area (Å²) in [5.41, 5.74) is 8.10. The minimum absolute atomic E-state index is 0.0453. The molecule has 0 saturated carbocycles. The molecule has 0 fully saturated rings. The molecule has 222 valence electrons. The molecular formula is C34H45NO6. The second-order valence-electron chi connectivity index (χ2n) is 13.0. The van der Waals surface area contributed by atoms with Gasteiger partial charge in [-0.05, 0) is 85.9 Å². The maximum Gasteiger partial charge on any atom is 0.320 e. The van der Waals surface area contributed by atoms with E-state index in [0.717, 1.165) is 24.0 Å². The molecule has 1 aliphatic carbocycles. The molecular weight excluding hydrogens is 518 g/mol. The molecule has 41 heavy (non-hydrogen) atoms. The summed E-state index contributed by atoms with van der Waals surface area (Å²) in [6.07, 6.45) is 8.69. The number of aromatic hydroxyl groups is 2. The molecule has 0 spiro atoms. The summed E-state index contributed by atoms with van der Waals surface area (Å²) in [6, 6.07) is 7.37. The fraction of sp³-hybridized carbons (Fsp3) is 0.529. The maximum atomic E-state index is 13.7. The van der Waals surface area contributed by atoms with Crippen LogP contribution in [-0.4, -0.2) is 38.7 Å². The van der Waals surface area contributed by atoms with Gasteiger partial charge in [-0.25, -0.2) is 0 Å². The average molecular weight is 564 g/mol. The molecule has 5 N–H and O–H groups in total. The Bertz CT molecular complexity index is 1340. The first kappa shape index (κ1) is 30.6. The van der Waals surface area contributed by atoms with E-state index in [1.165, 1.54) is 31.4 Å². The Kier molecular flexibility index (Phi) is 8.88. The summed E-state index contributed by atoms with van der Waals surface area (Å²) in [6.45, 7) is 10.8. The molecule has 0 aromatic heterocycles. The Labute approximate surface area is 243 Å². The molecule has 4 rings (SSSR count). The number of benzene rings is 2. The third-order valence-electron chi connectivity index (χ3n) is 9.11. The number of Topliss-reactive ketones (excluding diaryl/α,β-unsaturated/α-hetero) is 1. The number of phenols is 2. The van der Waals surface area contributed by atoms with Crippen LogP contribution in [0.5, 0.6) is 17.2 Å². The van der Waals surface area contributed by atoms with Gasteiger partial charge >= 0.3 is 5.97 Å². The quantitative estimate of drug-likeness (QED) is 0.175. The van der Waals surface area contributed by atoms with Crippen molar-refractivity contribution in [3.8, 4) is 17.2 Å². The van der Waals surface area contributed by atoms with Crippen molar-refractivity contribution in [3.05, 3.63) is 64.2 Å². The first-order valence-corrected chi connectivity index (χ1v) is 14.9. The summed E-state index contributed by atoms with van der Waals surface area (Å²) in [5, 5.41) is 31.1. The van der Waals surface area contributed by atoms with Gasteiger partial charge in [-0.3, -0.25) is 9.59 Å². The smallest absolute Gasteiger partial charge is 0.320 e. The molecule has 1 unspecified atom stereocenters. The van der Waals surface area contributed by atoms with Gasteiger partial charge in [-0.15, -0.1) is 0 Å². The van der Waals surface area contributed by atoms with E-state index in [9.17, 15) is 24.9 Å². The number of allylic oxidation sites excluding steroid dienone is 2. The second-order valence-corrected chi connectivity index (χ2v) is 13.0. The third kappa shape index (κ3) is 6.45. The molecule has 2 aromatic rings. The Morgan fingerprint density at radius 2 is 1.83 bits per heavy atom. The van der Waals surface area contributed by atoms with E-state index >= 15 is 0 Å². The molecule has 7 heteroatoms. The number of carbonyl (C=O) groups is 2. The van der Waals surface area contributed by atoms with Gasteiger partial charge < -0.3 is 25.8 Å². The van der Waals surface area contributed by atoms with Gasteiger partial charge in [-0.1, -0.05) is 58.6 Å². The van der Waals surface area contributed by atoms with Crippen molar-refractivity contribution in [2.75, 3.05) is 0 Å². The number of aliphatic carboxylic acids is 1. The largest absolute Gasteiger partial charge is 0.508 e. The Morgan fingerprint density at radius 3 is 2.51 bits per heavy atom. The molecule has 0 bridgehead atoms. The van der Waals surface area contributed by atoms with Crippen molar-refractivity contribution in [2.45, 2.75) is 109 Å². The number of hydrogen-bond donors (Lipinski definition) is 4. The normalized spacial score (nSPS) is 20.3. The number of hydrogen-bond acceptors (Lipinski definition) is 6. The van der Waals surface area contributed by atoms with Gasteiger partial charge in [-0.2, -0.15) is 0 Å². The van der Waals surface area contributed by atoms with Gasteiger partial charge in [0, 0.05) is 17.4 Å². The van der Waals surface area contributed by atoms with Crippen LogP contribution >= 0.6 is 0 Å². The van der Waals surface area contributed by atoms with Crippen LogP contribution in [0.3, 0.4) is 0 Å². The minimum atomic E-state index is -1.13. The lowest BCUT2D eigenvalue weighted by atomic mass is 9.66. The summed E-state index contributed by atoms with van der Waals surface area (Å²) in [5.74, 6) is -0.798. The molecule has 2 aromatic carbocycles. The number of rotatable bonds is 11. The molecule has 2 aliphatic rings. The van der Waals surface area contributed by atoms with E-state index in [1.807, 2.05) is 12.1 Å². The third-order valence-corrected chi connectivity index (χ3v) is 9.11. The number of ketones is 1. The zero-order valence-corrected chi connectivity index (χ0v) is 25.0. The van der Waals surface area contributed by atoms with Crippen molar-refractivity contribution in [1.82, 2.24) is 0 Å². The van der Waals surface area contributed by atoms with E-state index < -0.39 is 17.6 Å². The van der Waals surface area contributed by atoms with Crippen LogP contribution < -0.4 is 10.5 Å². The van der Waals surface area contributed by atoms with Gasteiger partial charge in [0.15, 0.2) is 5.78 Å². The number of fused-ring (bicyclic) bond motifs is 3. The number of ether oxygens (including phenoxy) is 1. The maximum absolute atomic E-state index is 13.7. The van der Waals surface area contributed by atoms with E-state index in [2.05, 4.69) is 40.7 Å². The van der Waals surface area contributed by atoms with Gasteiger partial charge in [0.2, 0.25) is 0 Å². The summed E-state index contributed by atoms with van der Waals surface area (Å²) < 4.78 is 6.55. The van der Waals surface area contributed by atoms with E-state index in [1.54, 1.807) is 6.07 Å². The lowest BCUT2D eigenvalue weighted by Gasteiger charge is -2.47. The molecule has 1 heterocycles. The van der Waals surface area contributed by atoms with Crippen molar-refractivity contribution in [3.63, 3.8) is 0 Å². The van der Waals surface area contributed by atoms with Crippen LogP contribution in [0.25, 0.3) is 0 Å². The van der Waals surface area contributed by atoms with Crippen LogP contribution in [0.1, 0.15) is 113 Å². The number of carbonyl (C=O) groups excluding carboxylic acids is 1. The summed E-state index contributed by atoms with van der Waals surface area (Å²) in [7, 11) is 0. The number of phenolic OH excluding ortho intramolecular Hbond substituents is 2. The van der Waals surface area contributed by atoms with Crippen LogP contribution in [0.4, 0.5) is 0 Å². The SMILES string of the molecule is CCCCCCC(C)(C)c1cc(O)c2c(c1)OC(C)(C)[C@@H]1CC=C(C(=O)c3cc(CC(N)C(=O)O)ccc3O)C[C@@H]21. The van der Waals surface area contributed by atoms with Crippen LogP contribution in [0.2, 0.25) is 0 Å². The zero-order chi connectivity index (χ0) is 30.1. The lowest BCUT2D eigenvalue weighted by Crippen LogP contribution is -2.46. The fourth-order valence-electron chi connectivity index (χ4n) is 6.52. The summed E-state index contributed by atoms with van der Waals surface area (Å²) in [4.78, 5) is 24.9. The highest BCUT2D eigenvalue weighted by atomic mass is 16.5. The Hall–Kier alpha value is -3.32. The predicted molar refractivity (Wildman–Crippen MR) is 160 cm³/mol. The second kappa shape index (κ2) is 11.9. The van der Waals surface area contributed by atoms with Gasteiger partial charge in [0.05, 0.1) is 5.56 Å². The summed E-state index contributed by atoms with van der Waals surface area (Å²) >= 11 is 0. The van der Waals surface area contributed by atoms with Gasteiger partial charge in [0.1, 0.15) is 28.9 Å². The number of nitrogens with two attached hydrogens (primary N) is 1. The standard InChI is InChI=1S/C34H45NO6/c1-6-7-8-9-14-33(2,3)22-18-28(37)30-23-17-21(11-12-25(23)34(4,5)41-29(30)19-22)31(38)24-15-20(10-13-27(24)36)16-26(35)32(39)40/h10-11,13,15,18-19,23,25-26,36-37H,6-9,12,14,16-17,35H2,1-5H3,(H,39,40)/t23-,25-,26?/m1/s1. The van der Waals surface area contributed by atoms with E-state index in [-0.39, 0.29) is 46.5 Å². The lowest BCUT2D eigenvalue weighted by molar-refractivity contribution is -0.138. The van der Waals surface area contributed by atoms with Crippen molar-refractivity contribution < 1.29 is 29.6 Å². The monoisotopic (exact) mass is 563 g/mol. The van der Waals surface area contributed by atoms with Crippen LogP contribution in [0.15, 0.2) is 42.0 Å². The van der Waals surface area contributed by atoms with E-state index in [4.69, 9.17) is 10.5 Å². The Morgan fingerprint density at radius 1 is 1.10 bits per heavy atom. The Balaban J connectivity index is 1.63. The van der Waals surface area contributed by atoms with Crippen LogP contribution in [0, 0.1) is 5.92 Å². The van der Waals surface area contributed by atoms with Crippen molar-refractivity contribution >= 4 is 11.8 Å². The van der Waals surface area contributed by atoms with Crippen molar-refractivity contribution in [1.29, 1.82) is 0 Å². The molecule has 0 saturated heterocycles. The number of carboxylic acids is 1. The minimum Gasteiger partial charge on any atom is -0.508 e. The molecule has 3 atom stereocenters. The average Bonchev–Trinajstić information content (AvgIpc) is 2.90. The van der Waals surface area contributed by atoms with E-state index in [0.29, 0.717) is 29.7 Å². The number of carboxylic acid groups (broad SMARTS) is 1.